The molecular formula is C23H26N4O3S2. The largest absolute Gasteiger partial charge is 0.385 e. The van der Waals surface area contributed by atoms with Crippen LogP contribution in [0.1, 0.15) is 24.8 Å². The van der Waals surface area contributed by atoms with Crippen molar-refractivity contribution < 1.29 is 14.3 Å². The van der Waals surface area contributed by atoms with Crippen LogP contribution < -0.4 is 10.6 Å². The molecule has 168 valence electrons. The van der Waals surface area contributed by atoms with Crippen LogP contribution in [0.3, 0.4) is 0 Å². The van der Waals surface area contributed by atoms with E-state index in [0.717, 1.165) is 28.7 Å². The molecule has 2 saturated heterocycles. The van der Waals surface area contributed by atoms with Crippen LogP contribution in [0.5, 0.6) is 0 Å². The lowest BCUT2D eigenvalue weighted by atomic mass is 9.96. The topological polar surface area (TPSA) is 88.8 Å². The summed E-state index contributed by atoms with van der Waals surface area (Å²) in [5.74, 6) is 0.394. The molecule has 9 heteroatoms. The van der Waals surface area contributed by atoms with Crippen LogP contribution in [0.25, 0.3) is 17.0 Å². The molecule has 2 aliphatic rings. The molecule has 2 N–H and O–H groups in total. The lowest BCUT2D eigenvalue weighted by Crippen LogP contribution is -2.39. The highest BCUT2D eigenvalue weighted by molar-refractivity contribution is 8.26. The Labute approximate surface area is 197 Å². The summed E-state index contributed by atoms with van der Waals surface area (Å²) in [5.41, 5.74) is 7.27. The number of methoxy groups -OCH3 is 1. The molecule has 7 nitrogen and oxygen atoms in total. The Morgan fingerprint density at radius 3 is 2.81 bits per heavy atom. The number of carbonyl (C=O) groups excluding carboxylic acids is 2. The summed E-state index contributed by atoms with van der Waals surface area (Å²) in [6.07, 6.45) is 4.02. The Morgan fingerprint density at radius 1 is 1.34 bits per heavy atom. The number of thioether (sulfide) groups is 1. The Bertz CT molecular complexity index is 1080. The number of ether oxygens (including phenoxy) is 1. The van der Waals surface area contributed by atoms with Crippen molar-refractivity contribution in [3.63, 3.8) is 0 Å². The van der Waals surface area contributed by atoms with Gasteiger partial charge in [-0.3, -0.25) is 14.5 Å². The van der Waals surface area contributed by atoms with Gasteiger partial charge in [-0.25, -0.2) is 4.98 Å². The maximum atomic E-state index is 13.0. The number of piperidine rings is 1. The van der Waals surface area contributed by atoms with Gasteiger partial charge in [0.1, 0.15) is 10.1 Å². The van der Waals surface area contributed by atoms with Gasteiger partial charge in [0.15, 0.2) is 0 Å². The summed E-state index contributed by atoms with van der Waals surface area (Å²) < 4.78 is 5.66. The molecular weight excluding hydrogens is 444 g/mol. The number of anilines is 1. The lowest BCUT2D eigenvalue weighted by Gasteiger charge is -2.32. The summed E-state index contributed by atoms with van der Waals surface area (Å²) in [7, 11) is 1.64. The van der Waals surface area contributed by atoms with Crippen LogP contribution in [0.4, 0.5) is 5.82 Å². The molecule has 4 rings (SSSR count). The molecule has 2 amide bonds. The Kier molecular flexibility index (Phi) is 7.07. The number of nitrogens with zero attached hydrogens (tertiary/aromatic N) is 3. The quantitative estimate of drug-likeness (QED) is 0.378. The van der Waals surface area contributed by atoms with Crippen molar-refractivity contribution in [2.24, 2.45) is 11.7 Å². The average Bonchev–Trinajstić information content (AvgIpc) is 3.06. The summed E-state index contributed by atoms with van der Waals surface area (Å²) in [4.78, 5) is 33.9. The minimum Gasteiger partial charge on any atom is -0.385 e. The zero-order valence-electron chi connectivity index (χ0n) is 18.0. The molecule has 1 aromatic carbocycles. The van der Waals surface area contributed by atoms with Gasteiger partial charge in [-0.1, -0.05) is 42.2 Å². The Morgan fingerprint density at radius 2 is 2.09 bits per heavy atom. The summed E-state index contributed by atoms with van der Waals surface area (Å²) in [6, 6.07) is 9.99. The van der Waals surface area contributed by atoms with E-state index < -0.39 is 0 Å². The van der Waals surface area contributed by atoms with E-state index in [1.165, 1.54) is 11.8 Å². The number of benzene rings is 1. The molecule has 0 atom stereocenters. The van der Waals surface area contributed by atoms with Gasteiger partial charge in [0.2, 0.25) is 5.91 Å². The molecule has 32 heavy (non-hydrogen) atoms. The van der Waals surface area contributed by atoms with Gasteiger partial charge in [0.25, 0.3) is 5.91 Å². The number of fused-ring (bicyclic) bond motifs is 1. The van der Waals surface area contributed by atoms with Crippen LogP contribution in [0.2, 0.25) is 0 Å². The predicted octanol–water partition coefficient (Wildman–Crippen LogP) is 3.17. The second kappa shape index (κ2) is 9.97. The van der Waals surface area contributed by atoms with Crippen molar-refractivity contribution in [1.82, 2.24) is 9.88 Å². The van der Waals surface area contributed by atoms with Gasteiger partial charge in [-0.2, -0.15) is 0 Å². The first-order valence-corrected chi connectivity index (χ1v) is 11.9. The lowest BCUT2D eigenvalue weighted by molar-refractivity contribution is -0.123. The van der Waals surface area contributed by atoms with E-state index in [-0.39, 0.29) is 17.7 Å². The number of primary amides is 1. The molecule has 2 aromatic rings. The van der Waals surface area contributed by atoms with E-state index >= 15 is 0 Å². The van der Waals surface area contributed by atoms with Crippen molar-refractivity contribution in [2.75, 3.05) is 38.3 Å². The Balaban J connectivity index is 1.66. The van der Waals surface area contributed by atoms with Gasteiger partial charge in [0, 0.05) is 50.2 Å². The van der Waals surface area contributed by atoms with Gasteiger partial charge in [-0.05, 0) is 37.5 Å². The number of hydrogen-bond donors (Lipinski definition) is 1. The van der Waals surface area contributed by atoms with Crippen LogP contribution in [-0.2, 0) is 14.3 Å². The monoisotopic (exact) mass is 470 g/mol. The number of rotatable bonds is 7. The molecule has 0 saturated carbocycles. The van der Waals surface area contributed by atoms with Crippen LogP contribution in [0, 0.1) is 5.92 Å². The van der Waals surface area contributed by atoms with E-state index in [2.05, 4.69) is 11.0 Å². The fraction of sp³-hybridized carbons (Fsp3) is 0.391. The first-order valence-electron chi connectivity index (χ1n) is 10.7. The molecule has 2 aliphatic heterocycles. The minimum absolute atomic E-state index is 0.0809. The molecule has 2 fully saturated rings. The number of nitrogens with two attached hydrogens (primary N) is 1. The maximum Gasteiger partial charge on any atom is 0.266 e. The molecule has 3 heterocycles. The van der Waals surface area contributed by atoms with E-state index in [1.807, 2.05) is 30.3 Å². The molecule has 0 radical (unpaired) electrons. The molecule has 0 bridgehead atoms. The van der Waals surface area contributed by atoms with Crippen molar-refractivity contribution >= 4 is 62.9 Å². The molecule has 1 aromatic heterocycles. The Hall–Kier alpha value is -2.49. The minimum atomic E-state index is -0.242. The fourth-order valence-corrected chi connectivity index (χ4v) is 5.36. The van der Waals surface area contributed by atoms with Crippen molar-refractivity contribution in [3.8, 4) is 0 Å². The SMILES string of the molecule is COCCCN1C(=O)/C(=C/c2cc3ccccc3nc2N2CCC(C(N)=O)CC2)SC1=S. The number of carbonyl (C=O) groups is 2. The normalized spacial score (nSPS) is 18.8. The zero-order valence-corrected chi connectivity index (χ0v) is 19.6. The van der Waals surface area contributed by atoms with E-state index in [0.29, 0.717) is 48.3 Å². The second-order valence-corrected chi connectivity index (χ2v) is 9.61. The van der Waals surface area contributed by atoms with Gasteiger partial charge in [-0.15, -0.1) is 0 Å². The zero-order chi connectivity index (χ0) is 22.7. The summed E-state index contributed by atoms with van der Waals surface area (Å²) in [5, 5.41) is 1.00. The second-order valence-electron chi connectivity index (χ2n) is 7.94. The molecule has 0 spiro atoms. The highest BCUT2D eigenvalue weighted by atomic mass is 32.2. The van der Waals surface area contributed by atoms with Gasteiger partial charge < -0.3 is 15.4 Å². The number of thiocarbonyl (C=S) groups is 1. The number of pyridine rings is 1. The highest BCUT2D eigenvalue weighted by Crippen LogP contribution is 2.36. The average molecular weight is 471 g/mol. The third-order valence-electron chi connectivity index (χ3n) is 5.82. The molecule has 0 unspecified atom stereocenters. The predicted molar refractivity (Wildman–Crippen MR) is 132 cm³/mol. The maximum absolute atomic E-state index is 13.0. The fourth-order valence-electron chi connectivity index (χ4n) is 4.06. The van der Waals surface area contributed by atoms with Crippen molar-refractivity contribution in [3.05, 3.63) is 40.8 Å². The van der Waals surface area contributed by atoms with E-state index in [1.54, 1.807) is 12.0 Å². The van der Waals surface area contributed by atoms with Crippen molar-refractivity contribution in [2.45, 2.75) is 19.3 Å². The number of hydrogen-bond acceptors (Lipinski definition) is 7. The van der Waals surface area contributed by atoms with Gasteiger partial charge >= 0.3 is 0 Å². The summed E-state index contributed by atoms with van der Waals surface area (Å²) >= 11 is 6.77. The smallest absolute Gasteiger partial charge is 0.266 e. The molecule has 0 aliphatic carbocycles. The van der Waals surface area contributed by atoms with E-state index in [9.17, 15) is 9.59 Å². The van der Waals surface area contributed by atoms with Crippen LogP contribution in [0.15, 0.2) is 35.2 Å². The number of para-hydroxylation sites is 1. The van der Waals surface area contributed by atoms with E-state index in [4.69, 9.17) is 27.7 Å². The summed E-state index contributed by atoms with van der Waals surface area (Å²) in [6.45, 7) is 2.50. The first kappa shape index (κ1) is 22.7. The number of amides is 2. The first-order chi connectivity index (χ1) is 15.5. The van der Waals surface area contributed by atoms with Crippen LogP contribution in [-0.4, -0.2) is 59.4 Å². The third kappa shape index (κ3) is 4.79. The highest BCUT2D eigenvalue weighted by Gasteiger charge is 2.32. The standard InChI is InChI=1S/C23H26N4O3S2/c1-30-12-4-9-27-22(29)19(32-23(27)31)14-17-13-16-5-2-3-6-18(16)25-21(17)26-10-7-15(8-11-26)20(24)28/h2-3,5-6,13-15H,4,7-12H2,1H3,(H2,24,28)/b19-14-. The van der Waals surface area contributed by atoms with Gasteiger partial charge in [0.05, 0.1) is 10.4 Å². The van der Waals surface area contributed by atoms with Crippen LogP contribution >= 0.6 is 24.0 Å². The van der Waals surface area contributed by atoms with Crippen molar-refractivity contribution in [1.29, 1.82) is 0 Å². The number of aromatic nitrogens is 1. The third-order valence-corrected chi connectivity index (χ3v) is 7.20.